The van der Waals surface area contributed by atoms with Crippen LogP contribution in [-0.2, 0) is 0 Å². The molecule has 1 aliphatic carbocycles. The van der Waals surface area contributed by atoms with Gasteiger partial charge in [0.25, 0.3) is 0 Å². The van der Waals surface area contributed by atoms with Gasteiger partial charge in [0.2, 0.25) is 0 Å². The Kier molecular flexibility index (Phi) is 3.37. The van der Waals surface area contributed by atoms with Crippen LogP contribution in [0.1, 0.15) is 18.4 Å². The van der Waals surface area contributed by atoms with E-state index in [1.54, 1.807) is 12.1 Å². The van der Waals surface area contributed by atoms with E-state index in [1.165, 1.54) is 18.9 Å². The Balaban J connectivity index is 1.81. The molecular formula is C12H14FN3. The first kappa shape index (κ1) is 10.9. The first-order valence-corrected chi connectivity index (χ1v) is 5.46. The molecule has 0 spiro atoms. The predicted octanol–water partition coefficient (Wildman–Crippen LogP) is 1.86. The second-order valence-electron chi connectivity index (χ2n) is 3.96. The number of nitriles is 1. The van der Waals surface area contributed by atoms with Gasteiger partial charge in [-0.05, 0) is 31.0 Å². The van der Waals surface area contributed by atoms with Crippen molar-refractivity contribution in [2.75, 3.05) is 18.4 Å². The number of nitrogens with zero attached hydrogens (tertiary/aromatic N) is 1. The molecule has 0 saturated heterocycles. The maximum Gasteiger partial charge on any atom is 0.147 e. The van der Waals surface area contributed by atoms with E-state index in [-0.39, 0.29) is 5.82 Å². The molecule has 2 N–H and O–H groups in total. The number of halogens is 1. The largest absolute Gasteiger partial charge is 0.381 e. The van der Waals surface area contributed by atoms with Crippen molar-refractivity contribution in [1.82, 2.24) is 5.32 Å². The van der Waals surface area contributed by atoms with E-state index in [0.29, 0.717) is 23.8 Å². The zero-order chi connectivity index (χ0) is 11.4. The van der Waals surface area contributed by atoms with Crippen LogP contribution in [0.25, 0.3) is 0 Å². The van der Waals surface area contributed by atoms with Crippen molar-refractivity contribution in [2.45, 2.75) is 18.9 Å². The van der Waals surface area contributed by atoms with Gasteiger partial charge in [0, 0.05) is 19.1 Å². The third kappa shape index (κ3) is 2.94. The quantitative estimate of drug-likeness (QED) is 0.743. The molecule has 16 heavy (non-hydrogen) atoms. The van der Waals surface area contributed by atoms with Crippen molar-refractivity contribution < 1.29 is 4.39 Å². The molecule has 1 fully saturated rings. The number of hydrogen-bond donors (Lipinski definition) is 2. The molecule has 0 atom stereocenters. The average molecular weight is 219 g/mol. The minimum Gasteiger partial charge on any atom is -0.381 e. The van der Waals surface area contributed by atoms with E-state index in [4.69, 9.17) is 5.26 Å². The van der Waals surface area contributed by atoms with Crippen LogP contribution in [-0.4, -0.2) is 19.1 Å². The number of nitrogens with one attached hydrogen (secondary N) is 2. The van der Waals surface area contributed by atoms with Crippen LogP contribution in [0.3, 0.4) is 0 Å². The van der Waals surface area contributed by atoms with Crippen LogP contribution in [0.2, 0.25) is 0 Å². The molecule has 0 aliphatic heterocycles. The fraction of sp³-hybridized carbons (Fsp3) is 0.417. The molecule has 0 amide bonds. The number of hydrogen-bond acceptors (Lipinski definition) is 3. The Hall–Kier alpha value is -1.60. The summed E-state index contributed by atoms with van der Waals surface area (Å²) in [7, 11) is 0. The molecule has 0 heterocycles. The smallest absolute Gasteiger partial charge is 0.147 e. The molecule has 4 heteroatoms. The van der Waals surface area contributed by atoms with Gasteiger partial charge in [-0.25, -0.2) is 4.39 Å². The fourth-order valence-corrected chi connectivity index (χ4v) is 1.49. The lowest BCUT2D eigenvalue weighted by atomic mass is 10.2. The summed E-state index contributed by atoms with van der Waals surface area (Å²) in [6.45, 7) is 1.53. The third-order valence-electron chi connectivity index (χ3n) is 2.55. The van der Waals surface area contributed by atoms with Crippen LogP contribution >= 0.6 is 0 Å². The van der Waals surface area contributed by atoms with E-state index in [2.05, 4.69) is 10.6 Å². The van der Waals surface area contributed by atoms with E-state index in [9.17, 15) is 4.39 Å². The van der Waals surface area contributed by atoms with Crippen molar-refractivity contribution >= 4 is 5.69 Å². The summed E-state index contributed by atoms with van der Waals surface area (Å²) >= 11 is 0. The molecule has 0 aromatic heterocycles. The SMILES string of the molecule is N#Cc1ccc(NCCNC2CC2)c(F)c1. The molecule has 84 valence electrons. The highest BCUT2D eigenvalue weighted by atomic mass is 19.1. The van der Waals surface area contributed by atoms with Crippen LogP contribution in [0.5, 0.6) is 0 Å². The highest BCUT2D eigenvalue weighted by Gasteiger charge is 2.19. The fourth-order valence-electron chi connectivity index (χ4n) is 1.49. The normalized spacial score (nSPS) is 14.5. The summed E-state index contributed by atoms with van der Waals surface area (Å²) in [6, 6.07) is 7.04. The number of benzene rings is 1. The summed E-state index contributed by atoms with van der Waals surface area (Å²) in [5, 5.41) is 14.9. The maximum absolute atomic E-state index is 13.4. The van der Waals surface area contributed by atoms with Crippen molar-refractivity contribution in [1.29, 1.82) is 5.26 Å². The van der Waals surface area contributed by atoms with Crippen LogP contribution < -0.4 is 10.6 Å². The monoisotopic (exact) mass is 219 g/mol. The highest BCUT2D eigenvalue weighted by molar-refractivity contribution is 5.48. The van der Waals surface area contributed by atoms with Crippen LogP contribution in [0.4, 0.5) is 10.1 Å². The van der Waals surface area contributed by atoms with Gasteiger partial charge in [-0.2, -0.15) is 5.26 Å². The Morgan fingerprint density at radius 2 is 2.19 bits per heavy atom. The predicted molar refractivity (Wildman–Crippen MR) is 60.6 cm³/mol. The molecule has 3 nitrogen and oxygen atoms in total. The summed E-state index contributed by atoms with van der Waals surface area (Å²) < 4.78 is 13.4. The second kappa shape index (κ2) is 4.95. The molecule has 0 unspecified atom stereocenters. The Labute approximate surface area is 94.3 Å². The van der Waals surface area contributed by atoms with E-state index >= 15 is 0 Å². The van der Waals surface area contributed by atoms with Gasteiger partial charge >= 0.3 is 0 Å². The van der Waals surface area contributed by atoms with Crippen LogP contribution in [0.15, 0.2) is 18.2 Å². The first-order valence-electron chi connectivity index (χ1n) is 5.46. The maximum atomic E-state index is 13.4. The molecule has 0 bridgehead atoms. The molecule has 1 saturated carbocycles. The number of anilines is 1. The average Bonchev–Trinajstić information content (AvgIpc) is 3.10. The molecule has 2 rings (SSSR count). The summed E-state index contributed by atoms with van der Waals surface area (Å²) in [5.41, 5.74) is 0.802. The van der Waals surface area contributed by atoms with Crippen molar-refractivity contribution in [3.8, 4) is 6.07 Å². The van der Waals surface area contributed by atoms with Gasteiger partial charge in [-0.3, -0.25) is 0 Å². The van der Waals surface area contributed by atoms with Gasteiger partial charge in [0.1, 0.15) is 5.82 Å². The Bertz CT molecular complexity index is 407. The number of rotatable bonds is 5. The van der Waals surface area contributed by atoms with E-state index in [1.807, 2.05) is 6.07 Å². The van der Waals surface area contributed by atoms with Gasteiger partial charge in [-0.1, -0.05) is 0 Å². The van der Waals surface area contributed by atoms with Gasteiger partial charge < -0.3 is 10.6 Å². The van der Waals surface area contributed by atoms with Crippen molar-refractivity contribution in [3.63, 3.8) is 0 Å². The minimum absolute atomic E-state index is 0.346. The topological polar surface area (TPSA) is 47.9 Å². The Morgan fingerprint density at radius 3 is 2.81 bits per heavy atom. The van der Waals surface area contributed by atoms with Gasteiger partial charge in [-0.15, -0.1) is 0 Å². The zero-order valence-corrected chi connectivity index (χ0v) is 8.96. The first-order chi connectivity index (χ1) is 7.79. The lowest BCUT2D eigenvalue weighted by molar-refractivity contribution is 0.627. The highest BCUT2D eigenvalue weighted by Crippen LogP contribution is 2.18. The third-order valence-corrected chi connectivity index (χ3v) is 2.55. The van der Waals surface area contributed by atoms with Gasteiger partial charge in [0.15, 0.2) is 0 Å². The molecular weight excluding hydrogens is 205 g/mol. The molecule has 1 aliphatic rings. The second-order valence-corrected chi connectivity index (χ2v) is 3.96. The lowest BCUT2D eigenvalue weighted by Crippen LogP contribution is -2.24. The summed E-state index contributed by atoms with van der Waals surface area (Å²) in [4.78, 5) is 0. The molecule has 1 aromatic carbocycles. The van der Waals surface area contributed by atoms with Gasteiger partial charge in [0.05, 0.1) is 17.3 Å². The van der Waals surface area contributed by atoms with Crippen molar-refractivity contribution in [3.05, 3.63) is 29.6 Å². The standard InChI is InChI=1S/C12H14FN3/c13-11-7-9(8-14)1-4-12(11)16-6-5-15-10-2-3-10/h1,4,7,10,15-16H,2-3,5-6H2. The minimum atomic E-state index is -0.370. The van der Waals surface area contributed by atoms with E-state index in [0.717, 1.165) is 6.54 Å². The Morgan fingerprint density at radius 1 is 1.38 bits per heavy atom. The van der Waals surface area contributed by atoms with Crippen LogP contribution in [0, 0.1) is 17.1 Å². The summed E-state index contributed by atoms with van der Waals surface area (Å²) in [5.74, 6) is -0.370. The lowest BCUT2D eigenvalue weighted by Gasteiger charge is -2.08. The molecule has 1 aromatic rings. The zero-order valence-electron chi connectivity index (χ0n) is 8.96. The molecule has 0 radical (unpaired) electrons. The summed E-state index contributed by atoms with van der Waals surface area (Å²) in [6.07, 6.45) is 2.51. The van der Waals surface area contributed by atoms with Crippen molar-refractivity contribution in [2.24, 2.45) is 0 Å². The van der Waals surface area contributed by atoms with E-state index < -0.39 is 0 Å².